The van der Waals surface area contributed by atoms with Crippen molar-refractivity contribution in [1.82, 2.24) is 29.9 Å². The second kappa shape index (κ2) is 30.0. The zero-order chi connectivity index (χ0) is 67.6. The number of anilines is 3. The minimum absolute atomic E-state index is 0.0115. The number of nitrogens with zero attached hydrogens (tertiary/aromatic N) is 9. The zero-order valence-electron chi connectivity index (χ0n) is 55.8. The van der Waals surface area contributed by atoms with E-state index in [1.807, 2.05) is 93.7 Å². The van der Waals surface area contributed by atoms with Gasteiger partial charge in [0.15, 0.2) is 0 Å². The summed E-state index contributed by atoms with van der Waals surface area (Å²) < 4.78 is 33.7. The molecular weight excluding hydrogens is 1240 g/mol. The molecule has 0 unspecified atom stereocenters. The lowest BCUT2D eigenvalue weighted by molar-refractivity contribution is 0.0254. The molecule has 12 aromatic rings. The summed E-state index contributed by atoms with van der Waals surface area (Å²) in [5.74, 6) is 1.24. The second-order valence-electron chi connectivity index (χ2n) is 25.2. The van der Waals surface area contributed by atoms with E-state index in [1.54, 1.807) is 12.4 Å². The molecule has 4 aliphatic rings. The van der Waals surface area contributed by atoms with Crippen LogP contribution < -0.4 is 24.2 Å². The quantitative estimate of drug-likeness (QED) is 0.0977. The van der Waals surface area contributed by atoms with Gasteiger partial charge in [-0.05, 0) is 180 Å². The molecule has 4 saturated heterocycles. The van der Waals surface area contributed by atoms with Crippen LogP contribution in [0.1, 0.15) is 48.9 Å². The second-order valence-corrected chi connectivity index (χ2v) is 25.2. The molecule has 0 bridgehead atoms. The predicted octanol–water partition coefficient (Wildman–Crippen LogP) is 15.5. The van der Waals surface area contributed by atoms with E-state index >= 15 is 0 Å². The maximum absolute atomic E-state index is 9.82. The Hall–Kier alpha value is -11.3. The highest BCUT2D eigenvalue weighted by Crippen LogP contribution is 2.38. The minimum Gasteiger partial charge on any atom is -0.490 e. The van der Waals surface area contributed by atoms with Gasteiger partial charge in [0, 0.05) is 121 Å². The van der Waals surface area contributed by atoms with Gasteiger partial charge in [0.25, 0.3) is 0 Å². The average Bonchev–Trinajstić information content (AvgIpc) is 1.68. The van der Waals surface area contributed by atoms with Crippen LogP contribution in [0.4, 0.5) is 17.1 Å². The highest BCUT2D eigenvalue weighted by Gasteiger charge is 2.21. The first kappa shape index (κ1) is 65.0. The summed E-state index contributed by atoms with van der Waals surface area (Å²) in [6, 6.07) is 62.7. The molecule has 0 spiro atoms. The average molecular weight is 1310 g/mol. The van der Waals surface area contributed by atoms with Crippen LogP contribution in [0.25, 0.3) is 100 Å². The summed E-state index contributed by atoms with van der Waals surface area (Å²) in [7, 11) is 0. The van der Waals surface area contributed by atoms with Gasteiger partial charge in [0.05, 0.1) is 81.7 Å². The third-order valence-corrected chi connectivity index (χ3v) is 18.6. The maximum Gasteiger partial charge on any atom is 0.138 e. The Bertz CT molecular complexity index is 4940. The molecule has 3 N–H and O–H groups in total. The first-order valence-corrected chi connectivity index (χ1v) is 33.9. The molecule has 0 aliphatic carbocycles. The smallest absolute Gasteiger partial charge is 0.138 e. The number of pyridine rings is 3. The third-order valence-electron chi connectivity index (χ3n) is 18.6. The van der Waals surface area contributed by atoms with E-state index in [4.69, 9.17) is 28.4 Å². The molecule has 0 saturated carbocycles. The number of nitriles is 3. The van der Waals surface area contributed by atoms with E-state index in [1.165, 1.54) is 17.1 Å². The number of rotatable bonds is 13. The lowest BCUT2D eigenvalue weighted by Gasteiger charge is -2.28. The van der Waals surface area contributed by atoms with Crippen molar-refractivity contribution in [3.8, 4) is 96.9 Å². The molecule has 6 aromatic carbocycles. The van der Waals surface area contributed by atoms with Gasteiger partial charge in [-0.25, -0.2) is 15.0 Å². The van der Waals surface area contributed by atoms with E-state index in [0.717, 1.165) is 198 Å². The fourth-order valence-electron chi connectivity index (χ4n) is 13.2. The number of hydrogen-bond acceptors (Lipinski definition) is 15. The summed E-state index contributed by atoms with van der Waals surface area (Å²) >= 11 is 0. The van der Waals surface area contributed by atoms with Gasteiger partial charge in [-0.2, -0.15) is 15.8 Å². The topological polar surface area (TPSA) is 223 Å². The number of morpholine rings is 3. The van der Waals surface area contributed by atoms with Crippen LogP contribution in [0.15, 0.2) is 182 Å². The number of H-pyrrole nitrogens is 3. The zero-order valence-corrected chi connectivity index (χ0v) is 55.8. The summed E-state index contributed by atoms with van der Waals surface area (Å²) in [6.07, 6.45) is 7.20. The molecule has 18 heteroatoms. The summed E-state index contributed by atoms with van der Waals surface area (Å²) in [4.78, 5) is 31.0. The van der Waals surface area contributed by atoms with Crippen LogP contribution >= 0.6 is 0 Å². The third kappa shape index (κ3) is 14.7. The lowest BCUT2D eigenvalue weighted by Crippen LogP contribution is -2.36. The molecule has 10 heterocycles. The van der Waals surface area contributed by atoms with Crippen LogP contribution in [-0.2, 0) is 18.9 Å². The largest absolute Gasteiger partial charge is 0.490 e. The number of aromatic nitrogens is 6. The van der Waals surface area contributed by atoms with E-state index in [9.17, 15) is 15.8 Å². The molecule has 18 nitrogen and oxygen atoms in total. The Kier molecular flexibility index (Phi) is 19.7. The number of fused-ring (bicyclic) bond motifs is 3. The fraction of sp³-hybridized carbons (Fsp3) is 0.259. The van der Waals surface area contributed by atoms with E-state index in [2.05, 4.69) is 160 Å². The van der Waals surface area contributed by atoms with Crippen LogP contribution in [0.3, 0.4) is 0 Å². The highest BCUT2D eigenvalue weighted by molar-refractivity contribution is 5.99. The van der Waals surface area contributed by atoms with Gasteiger partial charge in [-0.1, -0.05) is 60.7 Å². The van der Waals surface area contributed by atoms with Crippen molar-refractivity contribution >= 4 is 50.2 Å². The van der Waals surface area contributed by atoms with Crippen molar-refractivity contribution in [2.24, 2.45) is 0 Å². The SMILES string of the molecule is CC(C)Oc1ccc(-c2ccnc3[nH]c(-c4ccc(N5CCOCC5)cc4)cc23)cc1C#N.Cc1ccc(-c2ccnc3[nH]c(-c4ccc(N5CCOCC5)cc4)cc23)cc1C#N.N#Cc1cc(-c2ccnc3[nH]c(-c4ccc(N5CCOCC5)cc4)cc23)ccc1OC1CCOCC1. The van der Waals surface area contributed by atoms with Gasteiger partial charge >= 0.3 is 0 Å². The molecule has 4 aliphatic heterocycles. The summed E-state index contributed by atoms with van der Waals surface area (Å²) in [5.41, 5.74) is 21.4. The van der Waals surface area contributed by atoms with Gasteiger partial charge in [-0.3, -0.25) is 0 Å². The first-order chi connectivity index (χ1) is 48.6. The minimum atomic E-state index is 0.0115. The van der Waals surface area contributed by atoms with Crippen LogP contribution in [0.2, 0.25) is 0 Å². The van der Waals surface area contributed by atoms with Crippen molar-refractivity contribution in [2.45, 2.75) is 45.8 Å². The van der Waals surface area contributed by atoms with E-state index in [-0.39, 0.29) is 12.2 Å². The standard InChI is InChI=1S/C29H28N4O3.C27H26N4O2.C25H22N4O/c30-19-22-17-21(3-6-28(22)36-24-8-13-34-14-9-24)25-7-10-31-29-26(25)18-27(32-29)20-1-4-23(5-2-20)33-11-15-35-16-12-33;1-18(2)33-26-8-5-20(15-21(26)17-28)23-9-10-29-27-24(23)16-25(30-27)19-3-6-22(7-4-19)31-11-13-32-14-12-31;1-17-2-3-19(14-20(17)16-26)22-8-9-27-25-23(22)15-24(28-25)18-4-6-21(7-5-18)29-10-12-30-13-11-29/h1-7,10,17-18,24H,8-9,11-16H2,(H,31,32);3-10,15-16,18H,11-14H2,1-2H3,(H,29,30);2-9,14-15H,10-13H2,1H3,(H,27,28). The number of benzene rings is 6. The Morgan fingerprint density at radius 2 is 0.737 bits per heavy atom. The number of hydrogen-bond donors (Lipinski definition) is 3. The Morgan fingerprint density at radius 3 is 1.11 bits per heavy atom. The molecule has 4 fully saturated rings. The van der Waals surface area contributed by atoms with Gasteiger partial charge in [-0.15, -0.1) is 0 Å². The number of ether oxygens (including phenoxy) is 6. The van der Waals surface area contributed by atoms with Crippen molar-refractivity contribution < 1.29 is 28.4 Å². The Balaban J connectivity index is 0.000000127. The summed E-state index contributed by atoms with van der Waals surface area (Å²) in [6.45, 7) is 17.5. The molecule has 0 amide bonds. The lowest BCUT2D eigenvalue weighted by atomic mass is 9.99. The normalized spacial score (nSPS) is 15.0. The number of aromatic amines is 3. The molecule has 16 rings (SSSR count). The van der Waals surface area contributed by atoms with Crippen molar-refractivity contribution in [3.05, 3.63) is 205 Å². The molecule has 0 atom stereocenters. The first-order valence-electron chi connectivity index (χ1n) is 33.9. The van der Waals surface area contributed by atoms with E-state index in [0.29, 0.717) is 41.4 Å². The van der Waals surface area contributed by atoms with Gasteiger partial charge in [0.2, 0.25) is 0 Å². The van der Waals surface area contributed by atoms with Crippen LogP contribution in [0, 0.1) is 40.9 Å². The van der Waals surface area contributed by atoms with Crippen molar-refractivity contribution in [2.75, 3.05) is 107 Å². The molecule has 6 aromatic heterocycles. The fourth-order valence-corrected chi connectivity index (χ4v) is 13.2. The molecule has 99 heavy (non-hydrogen) atoms. The Labute approximate surface area is 575 Å². The van der Waals surface area contributed by atoms with Crippen LogP contribution in [-0.4, -0.2) is 134 Å². The number of nitrogens with one attached hydrogen (secondary N) is 3. The monoisotopic (exact) mass is 1310 g/mol. The summed E-state index contributed by atoms with van der Waals surface area (Å²) in [5, 5.41) is 31.9. The molecular formula is C81H76N12O6. The van der Waals surface area contributed by atoms with Gasteiger partial charge < -0.3 is 58.1 Å². The van der Waals surface area contributed by atoms with Gasteiger partial charge in [0.1, 0.15) is 46.7 Å². The Morgan fingerprint density at radius 1 is 0.404 bits per heavy atom. The molecule has 0 radical (unpaired) electrons. The maximum atomic E-state index is 9.82. The van der Waals surface area contributed by atoms with Crippen LogP contribution in [0.5, 0.6) is 11.5 Å². The van der Waals surface area contributed by atoms with E-state index < -0.39 is 0 Å². The molecule has 496 valence electrons. The highest BCUT2D eigenvalue weighted by atomic mass is 16.5. The van der Waals surface area contributed by atoms with Crippen molar-refractivity contribution in [3.63, 3.8) is 0 Å². The number of aryl methyl sites for hydroxylation is 1. The predicted molar refractivity (Wildman–Crippen MR) is 389 cm³/mol. The van der Waals surface area contributed by atoms with Crippen molar-refractivity contribution in [1.29, 1.82) is 15.8 Å².